The van der Waals surface area contributed by atoms with Crippen molar-refractivity contribution in [1.82, 2.24) is 0 Å². The van der Waals surface area contributed by atoms with E-state index in [2.05, 4.69) is 12.6 Å². The largest absolute Gasteiger partial charge is 0.465 e. The van der Waals surface area contributed by atoms with Crippen molar-refractivity contribution in [2.45, 2.75) is 19.4 Å². The molecule has 0 aliphatic heterocycles. The summed E-state index contributed by atoms with van der Waals surface area (Å²) in [5.41, 5.74) is 5.31. The van der Waals surface area contributed by atoms with Gasteiger partial charge in [-0.25, -0.2) is 0 Å². The van der Waals surface area contributed by atoms with E-state index in [1.54, 1.807) is 0 Å². The molecule has 2 N–H and O–H groups in total. The Balaban J connectivity index is 0. The molecule has 0 saturated carbocycles. The van der Waals surface area contributed by atoms with E-state index in [-0.39, 0.29) is 18.4 Å². The van der Waals surface area contributed by atoms with Crippen molar-refractivity contribution in [3.8, 4) is 0 Å². The molecule has 0 fully saturated rings. The summed E-state index contributed by atoms with van der Waals surface area (Å²) in [5.74, 6) is -0.0282. The van der Waals surface area contributed by atoms with Gasteiger partial charge in [0.2, 0.25) is 0 Å². The Labute approximate surface area is 78.5 Å². The van der Waals surface area contributed by atoms with Gasteiger partial charge in [0.05, 0.1) is 6.61 Å². The number of rotatable bonds is 4. The van der Waals surface area contributed by atoms with Crippen LogP contribution < -0.4 is 5.73 Å². The Morgan fingerprint density at radius 2 is 2.27 bits per heavy atom. The summed E-state index contributed by atoms with van der Waals surface area (Å²) in [6.07, 6.45) is 0.824. The second kappa shape index (κ2) is 8.17. The highest BCUT2D eigenvalue weighted by Crippen LogP contribution is 1.89. The second-order valence-electron chi connectivity index (χ2n) is 1.96. The summed E-state index contributed by atoms with van der Waals surface area (Å²) in [7, 11) is 0. The molecule has 0 aromatic carbocycles. The van der Waals surface area contributed by atoms with Crippen LogP contribution in [0.25, 0.3) is 0 Å². The van der Waals surface area contributed by atoms with Gasteiger partial charge in [0, 0.05) is 5.75 Å². The van der Waals surface area contributed by atoms with E-state index in [0.29, 0.717) is 12.4 Å². The summed E-state index contributed by atoms with van der Waals surface area (Å²) in [6, 6.07) is -0.574. The quantitative estimate of drug-likeness (QED) is 0.516. The minimum Gasteiger partial charge on any atom is -0.465 e. The van der Waals surface area contributed by atoms with Gasteiger partial charge in [0.15, 0.2) is 0 Å². The van der Waals surface area contributed by atoms with E-state index >= 15 is 0 Å². The minimum atomic E-state index is -0.574. The lowest BCUT2D eigenvalue weighted by Crippen LogP contribution is -2.33. The fourth-order valence-electron chi connectivity index (χ4n) is 0.384. The van der Waals surface area contributed by atoms with Gasteiger partial charge in [-0.2, -0.15) is 12.6 Å². The average Bonchev–Trinajstić information content (AvgIpc) is 1.98. The van der Waals surface area contributed by atoms with E-state index in [4.69, 9.17) is 10.5 Å². The van der Waals surface area contributed by atoms with Gasteiger partial charge in [-0.05, 0) is 6.42 Å². The number of hydrogen-bond acceptors (Lipinski definition) is 4. The normalized spacial score (nSPS) is 11.5. The molecule has 0 unspecified atom stereocenters. The average molecular weight is 200 g/mol. The molecule has 0 aromatic rings. The first-order valence-corrected chi connectivity index (χ1v) is 3.88. The molecule has 11 heavy (non-hydrogen) atoms. The van der Waals surface area contributed by atoms with Crippen LogP contribution in [-0.2, 0) is 9.53 Å². The maximum atomic E-state index is 10.7. The number of carbonyl (C=O) groups excluding carboxylic acids is 1. The third-order valence-electron chi connectivity index (χ3n) is 0.948. The van der Waals surface area contributed by atoms with E-state index < -0.39 is 6.04 Å². The Morgan fingerprint density at radius 1 is 1.73 bits per heavy atom. The number of thiol groups is 1. The van der Waals surface area contributed by atoms with Crippen LogP contribution in [0, 0.1) is 0 Å². The molecule has 0 saturated heterocycles. The maximum Gasteiger partial charge on any atom is 0.323 e. The summed E-state index contributed by atoms with van der Waals surface area (Å²) in [4.78, 5) is 10.7. The van der Waals surface area contributed by atoms with E-state index in [9.17, 15) is 4.79 Å². The molecule has 0 amide bonds. The molecule has 0 rings (SSSR count). The number of hydrogen-bond donors (Lipinski definition) is 2. The fraction of sp³-hybridized carbons (Fsp3) is 0.833. The first-order chi connectivity index (χ1) is 4.72. The Bertz CT molecular complexity index is 113. The molecule has 0 aliphatic rings. The standard InChI is InChI=1S/C6H13NO2S.ClH/c1-2-3-9-6(8)5(7)4-10;/h5,10H,2-4,7H2,1H3;1H/t5-;/m0./s1. The first-order valence-electron chi connectivity index (χ1n) is 3.25. The molecule has 0 heterocycles. The molecule has 0 spiro atoms. The van der Waals surface area contributed by atoms with Crippen molar-refractivity contribution in [1.29, 1.82) is 0 Å². The number of carbonyl (C=O) groups is 1. The zero-order valence-electron chi connectivity index (χ0n) is 6.45. The van der Waals surface area contributed by atoms with Crippen LogP contribution in [0.3, 0.4) is 0 Å². The highest BCUT2D eigenvalue weighted by molar-refractivity contribution is 7.80. The van der Waals surface area contributed by atoms with Gasteiger partial charge in [-0.3, -0.25) is 4.79 Å². The van der Waals surface area contributed by atoms with Crippen molar-refractivity contribution in [2.75, 3.05) is 12.4 Å². The van der Waals surface area contributed by atoms with Crippen LogP contribution in [0.2, 0.25) is 0 Å². The molecular weight excluding hydrogens is 186 g/mol. The van der Waals surface area contributed by atoms with E-state index in [0.717, 1.165) is 6.42 Å². The van der Waals surface area contributed by atoms with Crippen LogP contribution in [0.5, 0.6) is 0 Å². The van der Waals surface area contributed by atoms with Crippen molar-refractivity contribution in [2.24, 2.45) is 5.73 Å². The maximum absolute atomic E-state index is 10.7. The molecule has 0 aliphatic carbocycles. The van der Waals surface area contributed by atoms with Gasteiger partial charge >= 0.3 is 5.97 Å². The molecule has 3 nitrogen and oxygen atoms in total. The number of nitrogens with two attached hydrogens (primary N) is 1. The topological polar surface area (TPSA) is 52.3 Å². The summed E-state index contributed by atoms with van der Waals surface area (Å²) in [5, 5.41) is 0. The fourth-order valence-corrected chi connectivity index (χ4v) is 0.533. The van der Waals surface area contributed by atoms with Gasteiger partial charge in [-0.1, -0.05) is 6.92 Å². The zero-order valence-corrected chi connectivity index (χ0v) is 8.16. The summed E-state index contributed by atoms with van der Waals surface area (Å²) in [6.45, 7) is 2.37. The van der Waals surface area contributed by atoms with Crippen molar-refractivity contribution >= 4 is 31.0 Å². The van der Waals surface area contributed by atoms with Crippen molar-refractivity contribution in [3.05, 3.63) is 0 Å². The van der Waals surface area contributed by atoms with Gasteiger partial charge in [0.1, 0.15) is 6.04 Å². The Kier molecular flexibility index (Phi) is 10.1. The lowest BCUT2D eigenvalue weighted by Gasteiger charge is -2.06. The lowest BCUT2D eigenvalue weighted by atomic mass is 10.4. The third kappa shape index (κ3) is 6.47. The predicted molar refractivity (Wildman–Crippen MR) is 50.3 cm³/mol. The second-order valence-corrected chi connectivity index (χ2v) is 2.32. The van der Waals surface area contributed by atoms with Crippen molar-refractivity contribution < 1.29 is 9.53 Å². The highest BCUT2D eigenvalue weighted by Gasteiger charge is 2.11. The molecule has 0 bridgehead atoms. The highest BCUT2D eigenvalue weighted by atomic mass is 35.5. The third-order valence-corrected chi connectivity index (χ3v) is 1.34. The first kappa shape index (κ1) is 13.6. The van der Waals surface area contributed by atoms with Gasteiger partial charge in [-0.15, -0.1) is 12.4 Å². The summed E-state index contributed by atoms with van der Waals surface area (Å²) >= 11 is 3.85. The van der Waals surface area contributed by atoms with Crippen LogP contribution in [0.1, 0.15) is 13.3 Å². The van der Waals surface area contributed by atoms with Crippen molar-refractivity contribution in [3.63, 3.8) is 0 Å². The molecule has 1 atom stereocenters. The SMILES string of the molecule is CCCOC(=O)[C@@H](N)CS.Cl. The number of halogens is 1. The molecule has 0 aromatic heterocycles. The Hall–Kier alpha value is 0.0700. The number of esters is 1. The van der Waals surface area contributed by atoms with Crippen LogP contribution in [0.4, 0.5) is 0 Å². The van der Waals surface area contributed by atoms with E-state index in [1.165, 1.54) is 0 Å². The summed E-state index contributed by atoms with van der Waals surface area (Å²) < 4.78 is 4.73. The van der Waals surface area contributed by atoms with E-state index in [1.807, 2.05) is 6.92 Å². The van der Waals surface area contributed by atoms with Crippen LogP contribution in [-0.4, -0.2) is 24.4 Å². The molecule has 0 radical (unpaired) electrons. The van der Waals surface area contributed by atoms with Crippen LogP contribution in [0.15, 0.2) is 0 Å². The predicted octanol–water partition coefficient (Wildman–Crippen LogP) is 0.618. The Morgan fingerprint density at radius 3 is 2.64 bits per heavy atom. The lowest BCUT2D eigenvalue weighted by molar-refractivity contribution is -0.144. The van der Waals surface area contributed by atoms with Gasteiger partial charge < -0.3 is 10.5 Å². The molecule has 5 heteroatoms. The monoisotopic (exact) mass is 199 g/mol. The smallest absolute Gasteiger partial charge is 0.323 e. The minimum absolute atomic E-state index is 0. The number of ether oxygens (including phenoxy) is 1. The van der Waals surface area contributed by atoms with Crippen LogP contribution >= 0.6 is 25.0 Å². The van der Waals surface area contributed by atoms with Gasteiger partial charge in [0.25, 0.3) is 0 Å². The molecular formula is C6H14ClNO2S. The molecule has 68 valence electrons. The zero-order chi connectivity index (χ0) is 7.98.